The predicted molar refractivity (Wildman–Crippen MR) is 89.3 cm³/mol. The molecule has 4 atom stereocenters. The van der Waals surface area contributed by atoms with Crippen LogP contribution in [0.2, 0.25) is 0 Å². The minimum Gasteiger partial charge on any atom is -0.465 e. The molecular formula is C16H27IO4. The van der Waals surface area contributed by atoms with Crippen molar-refractivity contribution in [3.63, 3.8) is 0 Å². The van der Waals surface area contributed by atoms with Crippen molar-refractivity contribution >= 4 is 28.6 Å². The normalized spacial score (nSPS) is 40.9. The maximum Gasteiger partial charge on any atom is 0.319 e. The molecule has 1 saturated carbocycles. The smallest absolute Gasteiger partial charge is 0.319 e. The maximum absolute atomic E-state index is 12.3. The molecule has 0 aromatic carbocycles. The van der Waals surface area contributed by atoms with Crippen molar-refractivity contribution in [1.29, 1.82) is 0 Å². The van der Waals surface area contributed by atoms with Crippen LogP contribution in [0, 0.1) is 5.41 Å². The number of unbranched alkanes of at least 4 members (excludes halogenated alkanes) is 4. The van der Waals surface area contributed by atoms with Crippen LogP contribution in [0.3, 0.4) is 0 Å². The van der Waals surface area contributed by atoms with Crippen LogP contribution in [0.5, 0.6) is 0 Å². The molecule has 2 rings (SSSR count). The Kier molecular flexibility index (Phi) is 5.26. The second-order valence-electron chi connectivity index (χ2n) is 6.46. The minimum absolute atomic E-state index is 0.0564. The lowest BCUT2D eigenvalue weighted by atomic mass is 9.94. The molecule has 1 aliphatic heterocycles. The Morgan fingerprint density at radius 3 is 2.57 bits per heavy atom. The number of aliphatic hydroxyl groups is 1. The monoisotopic (exact) mass is 410 g/mol. The lowest BCUT2D eigenvalue weighted by molar-refractivity contribution is -0.229. The van der Waals surface area contributed by atoms with E-state index in [1.54, 1.807) is 13.8 Å². The van der Waals surface area contributed by atoms with Gasteiger partial charge in [0.15, 0.2) is 5.79 Å². The van der Waals surface area contributed by atoms with E-state index in [1.807, 2.05) is 0 Å². The number of fused-ring (bicyclic) bond motifs is 1. The number of halogens is 1. The summed E-state index contributed by atoms with van der Waals surface area (Å²) < 4.78 is 10.7. The van der Waals surface area contributed by atoms with Crippen molar-refractivity contribution in [3.05, 3.63) is 0 Å². The lowest BCUT2D eigenvalue weighted by Gasteiger charge is -2.27. The molecule has 1 N–H and O–H groups in total. The molecule has 1 saturated heterocycles. The Morgan fingerprint density at radius 1 is 1.33 bits per heavy atom. The first-order chi connectivity index (χ1) is 9.85. The zero-order valence-electron chi connectivity index (χ0n) is 13.3. The summed E-state index contributed by atoms with van der Waals surface area (Å²) in [7, 11) is 0. The second kappa shape index (κ2) is 6.32. The number of carbonyl (C=O) groups is 1. The van der Waals surface area contributed by atoms with Crippen LogP contribution in [-0.4, -0.2) is 33.0 Å². The van der Waals surface area contributed by atoms with Crippen LogP contribution in [0.4, 0.5) is 0 Å². The van der Waals surface area contributed by atoms with Crippen molar-refractivity contribution in [2.75, 3.05) is 6.61 Å². The lowest BCUT2D eigenvalue weighted by Crippen LogP contribution is -2.43. The molecule has 21 heavy (non-hydrogen) atoms. The van der Waals surface area contributed by atoms with E-state index in [4.69, 9.17) is 9.47 Å². The molecule has 0 aromatic rings. The van der Waals surface area contributed by atoms with Gasteiger partial charge < -0.3 is 14.6 Å². The molecular weight excluding hydrogens is 383 g/mol. The van der Waals surface area contributed by atoms with E-state index < -0.39 is 11.2 Å². The van der Waals surface area contributed by atoms with Crippen molar-refractivity contribution < 1.29 is 19.4 Å². The van der Waals surface area contributed by atoms with Gasteiger partial charge in [-0.1, -0.05) is 61.6 Å². The summed E-state index contributed by atoms with van der Waals surface area (Å²) in [5, 5.41) is 10.6. The van der Waals surface area contributed by atoms with E-state index in [0.29, 0.717) is 13.0 Å². The van der Waals surface area contributed by atoms with Gasteiger partial charge in [-0.2, -0.15) is 0 Å². The zero-order valence-corrected chi connectivity index (χ0v) is 15.4. The van der Waals surface area contributed by atoms with Crippen molar-refractivity contribution in [2.45, 2.75) is 81.0 Å². The third-order valence-corrected chi connectivity index (χ3v) is 6.97. The Bertz CT molecular complexity index is 398. The third kappa shape index (κ3) is 2.74. The van der Waals surface area contributed by atoms with Gasteiger partial charge in [0.05, 0.1) is 16.1 Å². The van der Waals surface area contributed by atoms with Crippen LogP contribution >= 0.6 is 22.6 Å². The third-order valence-electron chi connectivity index (χ3n) is 4.97. The quantitative estimate of drug-likeness (QED) is 0.288. The van der Waals surface area contributed by atoms with Gasteiger partial charge in [-0.05, 0) is 26.7 Å². The summed E-state index contributed by atoms with van der Waals surface area (Å²) in [6, 6.07) is 0. The van der Waals surface area contributed by atoms with E-state index in [1.165, 1.54) is 25.7 Å². The molecule has 1 heterocycles. The second-order valence-corrected chi connectivity index (χ2v) is 8.38. The van der Waals surface area contributed by atoms with Gasteiger partial charge in [0, 0.05) is 0 Å². The van der Waals surface area contributed by atoms with Crippen LogP contribution < -0.4 is 0 Å². The predicted octanol–water partition coefficient (Wildman–Crippen LogP) is 3.58. The van der Waals surface area contributed by atoms with Gasteiger partial charge in [-0.25, -0.2) is 0 Å². The number of carbonyl (C=O) groups excluding carboxylic acids is 1. The Labute approximate surface area is 141 Å². The van der Waals surface area contributed by atoms with Crippen LogP contribution in [-0.2, 0) is 14.3 Å². The highest BCUT2D eigenvalue weighted by Gasteiger charge is 2.87. The number of hydrogen-bond acceptors (Lipinski definition) is 4. The van der Waals surface area contributed by atoms with Crippen molar-refractivity contribution in [2.24, 2.45) is 5.41 Å². The zero-order chi connectivity index (χ0) is 15.7. The molecule has 0 bridgehead atoms. The molecule has 4 nitrogen and oxygen atoms in total. The van der Waals surface area contributed by atoms with Gasteiger partial charge in [0.25, 0.3) is 0 Å². The summed E-state index contributed by atoms with van der Waals surface area (Å²) in [4.78, 5) is 12.3. The van der Waals surface area contributed by atoms with Crippen LogP contribution in [0.15, 0.2) is 0 Å². The van der Waals surface area contributed by atoms with E-state index in [2.05, 4.69) is 29.5 Å². The number of alkyl halides is 1. The highest BCUT2D eigenvalue weighted by molar-refractivity contribution is 14.1. The van der Waals surface area contributed by atoms with Gasteiger partial charge in [-0.15, -0.1) is 0 Å². The summed E-state index contributed by atoms with van der Waals surface area (Å²) in [6.07, 6.45) is 7.54. The number of esters is 1. The molecule has 0 amide bonds. The Morgan fingerprint density at radius 2 is 2.00 bits per heavy atom. The molecule has 0 spiro atoms. The molecule has 1 aliphatic carbocycles. The van der Waals surface area contributed by atoms with Gasteiger partial charge in [0.1, 0.15) is 5.41 Å². The van der Waals surface area contributed by atoms with Gasteiger partial charge >= 0.3 is 5.97 Å². The highest BCUT2D eigenvalue weighted by atomic mass is 127. The average Bonchev–Trinajstić information content (AvgIpc) is 3.03. The molecule has 0 unspecified atom stereocenters. The summed E-state index contributed by atoms with van der Waals surface area (Å²) >= 11 is 2.32. The number of rotatable bonds is 8. The fraction of sp³-hybridized carbons (Fsp3) is 0.938. The molecule has 2 fully saturated rings. The van der Waals surface area contributed by atoms with Crippen molar-refractivity contribution in [1.82, 2.24) is 0 Å². The van der Waals surface area contributed by atoms with E-state index in [-0.39, 0.29) is 15.5 Å². The molecule has 122 valence electrons. The Hall–Kier alpha value is 0.120. The standard InChI is InChI=1S/C16H27IO4/c1-4-6-7-8-9-10-12-16(17)11-15(16,13(18)20-5-2)14(3,19)21-12/h12,19H,4-11H2,1-3H3/t12-,14+,15+,16-/m0/s1. The number of ether oxygens (including phenoxy) is 2. The largest absolute Gasteiger partial charge is 0.465 e. The van der Waals surface area contributed by atoms with Crippen molar-refractivity contribution in [3.8, 4) is 0 Å². The van der Waals surface area contributed by atoms with Gasteiger partial charge in [0.2, 0.25) is 0 Å². The molecule has 0 aromatic heterocycles. The van der Waals surface area contributed by atoms with E-state index >= 15 is 0 Å². The van der Waals surface area contributed by atoms with E-state index in [0.717, 1.165) is 12.8 Å². The topological polar surface area (TPSA) is 55.8 Å². The summed E-state index contributed by atoms with van der Waals surface area (Å²) in [5.41, 5.74) is -0.870. The van der Waals surface area contributed by atoms with Crippen LogP contribution in [0.25, 0.3) is 0 Å². The highest BCUT2D eigenvalue weighted by Crippen LogP contribution is 2.75. The first-order valence-corrected chi connectivity index (χ1v) is 9.20. The summed E-state index contributed by atoms with van der Waals surface area (Å²) in [6.45, 7) is 5.95. The maximum atomic E-state index is 12.3. The summed E-state index contributed by atoms with van der Waals surface area (Å²) in [5.74, 6) is -1.72. The fourth-order valence-corrected chi connectivity index (χ4v) is 5.39. The average molecular weight is 410 g/mol. The first kappa shape index (κ1) is 17.5. The molecule has 5 heteroatoms. The van der Waals surface area contributed by atoms with Crippen LogP contribution in [0.1, 0.15) is 65.7 Å². The minimum atomic E-state index is -1.41. The first-order valence-electron chi connectivity index (χ1n) is 8.12. The molecule has 2 aliphatic rings. The fourth-order valence-electron chi connectivity index (χ4n) is 3.66. The SMILES string of the molecule is CCCCCCC[C@@H]1O[C@@](C)(O)[C@]2(C(=O)OCC)C[C@]12I. The van der Waals surface area contributed by atoms with Gasteiger partial charge in [-0.3, -0.25) is 4.79 Å². The van der Waals surface area contributed by atoms with E-state index in [9.17, 15) is 9.90 Å². The number of hydrogen-bond donors (Lipinski definition) is 1. The Balaban J connectivity index is 1.97. The molecule has 0 radical (unpaired) electrons.